The quantitative estimate of drug-likeness (QED) is 0.811. The molecule has 0 unspecified atom stereocenters. The van der Waals surface area contributed by atoms with E-state index in [1.807, 2.05) is 12.1 Å². The zero-order chi connectivity index (χ0) is 12.7. The second-order valence-corrected chi connectivity index (χ2v) is 4.40. The fraction of sp³-hybridized carbons (Fsp3) is 0.273. The van der Waals surface area contributed by atoms with Gasteiger partial charge in [0.15, 0.2) is 6.61 Å². The summed E-state index contributed by atoms with van der Waals surface area (Å²) >= 11 is 2.15. The van der Waals surface area contributed by atoms with Crippen LogP contribution in [0.5, 0.6) is 5.75 Å². The number of rotatable bonds is 4. The number of carbonyl (C=O) groups is 2. The highest BCUT2D eigenvalue weighted by Crippen LogP contribution is 2.14. The van der Waals surface area contributed by atoms with E-state index in [1.165, 1.54) is 0 Å². The summed E-state index contributed by atoms with van der Waals surface area (Å²) in [5, 5.41) is 4.61. The van der Waals surface area contributed by atoms with Crippen LogP contribution in [0.15, 0.2) is 24.3 Å². The molecule has 0 spiro atoms. The third-order valence-electron chi connectivity index (χ3n) is 1.76. The largest absolute Gasteiger partial charge is 0.484 e. The minimum absolute atomic E-state index is 0.183. The van der Waals surface area contributed by atoms with Gasteiger partial charge < -0.3 is 10.1 Å². The number of urea groups is 1. The standard InChI is InChI=1S/C11H13IN2O3/c1-2-13-11(16)14-10(15)7-17-9-5-3-4-8(12)6-9/h3-6H,2,7H2,1H3,(H2,13,14,15,16). The molecule has 0 aliphatic carbocycles. The average Bonchev–Trinajstić information content (AvgIpc) is 2.27. The van der Waals surface area contributed by atoms with Gasteiger partial charge in [-0.25, -0.2) is 4.79 Å². The molecule has 0 bridgehead atoms. The van der Waals surface area contributed by atoms with Crippen LogP contribution in [0.2, 0.25) is 0 Å². The van der Waals surface area contributed by atoms with Crippen molar-refractivity contribution >= 4 is 34.5 Å². The number of hydrogen-bond acceptors (Lipinski definition) is 3. The van der Waals surface area contributed by atoms with E-state index >= 15 is 0 Å². The molecule has 2 N–H and O–H groups in total. The SMILES string of the molecule is CCNC(=O)NC(=O)COc1cccc(I)c1. The Kier molecular flexibility index (Phi) is 5.75. The summed E-state index contributed by atoms with van der Waals surface area (Å²) < 4.78 is 6.25. The molecular weight excluding hydrogens is 335 g/mol. The summed E-state index contributed by atoms with van der Waals surface area (Å²) in [6, 6.07) is 6.80. The van der Waals surface area contributed by atoms with Crippen molar-refractivity contribution in [3.05, 3.63) is 27.8 Å². The third kappa shape index (κ3) is 5.53. The second-order valence-electron chi connectivity index (χ2n) is 3.15. The maximum Gasteiger partial charge on any atom is 0.321 e. The first-order valence-corrected chi connectivity index (χ1v) is 6.15. The van der Waals surface area contributed by atoms with Gasteiger partial charge in [-0.15, -0.1) is 0 Å². The van der Waals surface area contributed by atoms with Gasteiger partial charge in [-0.3, -0.25) is 10.1 Å². The van der Waals surface area contributed by atoms with Gasteiger partial charge in [0.05, 0.1) is 0 Å². The van der Waals surface area contributed by atoms with Crippen molar-refractivity contribution in [2.24, 2.45) is 0 Å². The van der Waals surface area contributed by atoms with Crippen LogP contribution in [0.25, 0.3) is 0 Å². The molecule has 0 atom stereocenters. The molecule has 6 heteroatoms. The summed E-state index contributed by atoms with van der Waals surface area (Å²) in [7, 11) is 0. The van der Waals surface area contributed by atoms with Gasteiger partial charge in [-0.05, 0) is 47.7 Å². The molecule has 0 radical (unpaired) electrons. The molecule has 0 aliphatic rings. The van der Waals surface area contributed by atoms with Crippen LogP contribution in [0.3, 0.4) is 0 Å². The van der Waals surface area contributed by atoms with E-state index in [2.05, 4.69) is 33.2 Å². The van der Waals surface area contributed by atoms with Crippen LogP contribution >= 0.6 is 22.6 Å². The molecule has 1 aromatic carbocycles. The smallest absolute Gasteiger partial charge is 0.321 e. The minimum Gasteiger partial charge on any atom is -0.484 e. The average molecular weight is 348 g/mol. The van der Waals surface area contributed by atoms with Gasteiger partial charge in [0.25, 0.3) is 5.91 Å². The third-order valence-corrected chi connectivity index (χ3v) is 2.43. The topological polar surface area (TPSA) is 67.4 Å². The fourth-order valence-corrected chi connectivity index (χ4v) is 1.59. The first-order chi connectivity index (χ1) is 8.11. The van der Waals surface area contributed by atoms with Crippen molar-refractivity contribution in [1.29, 1.82) is 0 Å². The highest BCUT2D eigenvalue weighted by molar-refractivity contribution is 14.1. The predicted molar refractivity (Wildman–Crippen MR) is 71.9 cm³/mol. The fourth-order valence-electron chi connectivity index (χ4n) is 1.07. The van der Waals surface area contributed by atoms with Crippen LogP contribution in [0.1, 0.15) is 6.92 Å². The summed E-state index contributed by atoms with van der Waals surface area (Å²) in [6.45, 7) is 2.06. The lowest BCUT2D eigenvalue weighted by Gasteiger charge is -2.07. The molecule has 0 heterocycles. The number of amides is 3. The van der Waals surface area contributed by atoms with Crippen molar-refractivity contribution in [1.82, 2.24) is 10.6 Å². The van der Waals surface area contributed by atoms with Gasteiger partial charge in [-0.1, -0.05) is 6.07 Å². The predicted octanol–water partition coefficient (Wildman–Crippen LogP) is 1.52. The van der Waals surface area contributed by atoms with Crippen LogP contribution in [-0.4, -0.2) is 25.1 Å². The Morgan fingerprint density at radius 2 is 2.18 bits per heavy atom. The summed E-state index contributed by atoms with van der Waals surface area (Å²) in [4.78, 5) is 22.3. The lowest BCUT2D eigenvalue weighted by molar-refractivity contribution is -0.122. The molecule has 0 aliphatic heterocycles. The minimum atomic E-state index is -0.510. The van der Waals surface area contributed by atoms with Crippen molar-refractivity contribution in [2.75, 3.05) is 13.2 Å². The van der Waals surface area contributed by atoms with Crippen molar-refractivity contribution in [3.63, 3.8) is 0 Å². The van der Waals surface area contributed by atoms with Gasteiger partial charge >= 0.3 is 6.03 Å². The van der Waals surface area contributed by atoms with Gasteiger partial charge in [0.2, 0.25) is 0 Å². The Hall–Kier alpha value is -1.31. The number of ether oxygens (including phenoxy) is 1. The Balaban J connectivity index is 2.35. The Morgan fingerprint density at radius 1 is 1.41 bits per heavy atom. The zero-order valence-electron chi connectivity index (χ0n) is 9.33. The molecule has 0 aromatic heterocycles. The second kappa shape index (κ2) is 7.10. The first-order valence-electron chi connectivity index (χ1n) is 5.08. The van der Waals surface area contributed by atoms with E-state index in [1.54, 1.807) is 19.1 Å². The summed E-state index contributed by atoms with van der Waals surface area (Å²) in [5.74, 6) is 0.123. The monoisotopic (exact) mass is 348 g/mol. The van der Waals surface area contributed by atoms with Gasteiger partial charge in [-0.2, -0.15) is 0 Å². The summed E-state index contributed by atoms with van der Waals surface area (Å²) in [6.07, 6.45) is 0. The number of benzene rings is 1. The van der Waals surface area contributed by atoms with Crippen LogP contribution < -0.4 is 15.4 Å². The zero-order valence-corrected chi connectivity index (χ0v) is 11.5. The van der Waals surface area contributed by atoms with Crippen LogP contribution in [0.4, 0.5) is 4.79 Å². The van der Waals surface area contributed by atoms with Gasteiger partial charge in [0, 0.05) is 10.1 Å². The number of nitrogens with one attached hydrogen (secondary N) is 2. The van der Waals surface area contributed by atoms with E-state index in [4.69, 9.17) is 4.74 Å². The number of hydrogen-bond donors (Lipinski definition) is 2. The molecule has 1 aromatic rings. The van der Waals surface area contributed by atoms with Crippen molar-refractivity contribution in [3.8, 4) is 5.75 Å². The van der Waals surface area contributed by atoms with E-state index in [0.29, 0.717) is 12.3 Å². The van der Waals surface area contributed by atoms with Gasteiger partial charge in [0.1, 0.15) is 5.75 Å². The maximum absolute atomic E-state index is 11.3. The van der Waals surface area contributed by atoms with Crippen LogP contribution in [0, 0.1) is 3.57 Å². The Morgan fingerprint density at radius 3 is 2.82 bits per heavy atom. The maximum atomic E-state index is 11.3. The Bertz CT molecular complexity index is 409. The molecule has 5 nitrogen and oxygen atoms in total. The highest BCUT2D eigenvalue weighted by atomic mass is 127. The number of halogens is 1. The van der Waals surface area contributed by atoms with E-state index in [-0.39, 0.29) is 6.61 Å². The Labute approximate surface area is 113 Å². The lowest BCUT2D eigenvalue weighted by Crippen LogP contribution is -2.41. The molecule has 0 saturated carbocycles. The first kappa shape index (κ1) is 13.8. The number of carbonyl (C=O) groups excluding carboxylic acids is 2. The number of imide groups is 1. The molecule has 1 rings (SSSR count). The van der Waals surface area contributed by atoms with E-state index in [0.717, 1.165) is 3.57 Å². The van der Waals surface area contributed by atoms with E-state index in [9.17, 15) is 9.59 Å². The normalized spacial score (nSPS) is 9.53. The molecule has 92 valence electrons. The highest BCUT2D eigenvalue weighted by Gasteiger charge is 2.07. The van der Waals surface area contributed by atoms with E-state index < -0.39 is 11.9 Å². The van der Waals surface area contributed by atoms with Crippen LogP contribution in [-0.2, 0) is 4.79 Å². The molecule has 17 heavy (non-hydrogen) atoms. The molecular formula is C11H13IN2O3. The molecule has 0 fully saturated rings. The molecule has 0 saturated heterocycles. The van der Waals surface area contributed by atoms with Crippen molar-refractivity contribution < 1.29 is 14.3 Å². The summed E-state index contributed by atoms with van der Waals surface area (Å²) in [5.41, 5.74) is 0. The molecule has 3 amide bonds. The lowest BCUT2D eigenvalue weighted by atomic mass is 10.3. The van der Waals surface area contributed by atoms with Crippen molar-refractivity contribution in [2.45, 2.75) is 6.92 Å².